The summed E-state index contributed by atoms with van der Waals surface area (Å²) in [6, 6.07) is 6.44. The number of hydrogen-bond donors (Lipinski definition) is 0. The molecule has 0 amide bonds. The summed E-state index contributed by atoms with van der Waals surface area (Å²) in [7, 11) is 0. The molecule has 1 aromatic carbocycles. The highest BCUT2D eigenvalue weighted by Crippen LogP contribution is 2.30. The molecule has 0 N–H and O–H groups in total. The van der Waals surface area contributed by atoms with E-state index in [0.717, 1.165) is 18.7 Å². The van der Waals surface area contributed by atoms with Crippen LogP contribution in [0, 0.1) is 11.8 Å². The molecular weight excluding hydrogens is 335 g/mol. The van der Waals surface area contributed by atoms with Gasteiger partial charge in [0.1, 0.15) is 0 Å². The van der Waals surface area contributed by atoms with Crippen molar-refractivity contribution in [1.82, 2.24) is 4.90 Å². The van der Waals surface area contributed by atoms with E-state index in [-0.39, 0.29) is 0 Å². The SMILES string of the molecule is FC(F)(F)c1ccc(C#CCN(C2CCCCC2)C2CCCCC2)cc1. The molecule has 26 heavy (non-hydrogen) atoms. The van der Waals surface area contributed by atoms with Gasteiger partial charge in [0.05, 0.1) is 12.1 Å². The lowest BCUT2D eigenvalue weighted by atomic mass is 9.88. The second-order valence-electron chi connectivity index (χ2n) is 7.63. The molecule has 3 rings (SSSR count). The zero-order valence-corrected chi connectivity index (χ0v) is 15.3. The smallest absolute Gasteiger partial charge is 0.286 e. The van der Waals surface area contributed by atoms with Gasteiger partial charge in [-0.05, 0) is 49.9 Å². The van der Waals surface area contributed by atoms with Crippen LogP contribution in [0.2, 0.25) is 0 Å². The van der Waals surface area contributed by atoms with E-state index in [1.165, 1.54) is 76.3 Å². The Morgan fingerprint density at radius 1 is 0.808 bits per heavy atom. The third-order valence-corrected chi connectivity index (χ3v) is 5.79. The van der Waals surface area contributed by atoms with Gasteiger partial charge in [0.2, 0.25) is 0 Å². The van der Waals surface area contributed by atoms with E-state index < -0.39 is 11.7 Å². The predicted octanol–water partition coefficient (Wildman–Crippen LogP) is 6.02. The fraction of sp³-hybridized carbons (Fsp3) is 0.636. The number of rotatable bonds is 3. The van der Waals surface area contributed by atoms with Crippen molar-refractivity contribution in [3.8, 4) is 11.8 Å². The quantitative estimate of drug-likeness (QED) is 0.593. The van der Waals surface area contributed by atoms with E-state index in [4.69, 9.17) is 0 Å². The minimum atomic E-state index is -4.29. The molecule has 0 atom stereocenters. The molecular formula is C22H28F3N. The Morgan fingerprint density at radius 3 is 1.77 bits per heavy atom. The normalized spacial score (nSPS) is 20.0. The van der Waals surface area contributed by atoms with E-state index in [0.29, 0.717) is 17.6 Å². The first-order valence-electron chi connectivity index (χ1n) is 9.96. The number of halogens is 3. The van der Waals surface area contributed by atoms with Crippen molar-refractivity contribution in [2.75, 3.05) is 6.54 Å². The van der Waals surface area contributed by atoms with Gasteiger partial charge in [-0.2, -0.15) is 13.2 Å². The monoisotopic (exact) mass is 363 g/mol. The summed E-state index contributed by atoms with van der Waals surface area (Å²) in [5.74, 6) is 6.32. The van der Waals surface area contributed by atoms with Crippen LogP contribution in [0.15, 0.2) is 24.3 Å². The summed E-state index contributed by atoms with van der Waals surface area (Å²) in [6.07, 6.45) is 8.66. The lowest BCUT2D eigenvalue weighted by Gasteiger charge is -2.40. The Hall–Kier alpha value is -1.47. The van der Waals surface area contributed by atoms with Gasteiger partial charge >= 0.3 is 6.18 Å². The second kappa shape index (κ2) is 8.95. The standard InChI is InChI=1S/C22H28F3N/c23-22(24,25)19-15-13-18(14-16-19)8-7-17-26(20-9-3-1-4-10-20)21-11-5-2-6-12-21/h13-16,20-21H,1-6,9-12,17H2. The summed E-state index contributed by atoms with van der Waals surface area (Å²) in [5.41, 5.74) is 0.0410. The third-order valence-electron chi connectivity index (χ3n) is 5.79. The van der Waals surface area contributed by atoms with Crippen molar-refractivity contribution in [2.45, 2.75) is 82.5 Å². The van der Waals surface area contributed by atoms with Gasteiger partial charge in [0, 0.05) is 17.6 Å². The van der Waals surface area contributed by atoms with Crippen LogP contribution in [0.5, 0.6) is 0 Å². The fourth-order valence-electron chi connectivity index (χ4n) is 4.36. The third kappa shape index (κ3) is 5.27. The summed E-state index contributed by atoms with van der Waals surface area (Å²) < 4.78 is 37.9. The topological polar surface area (TPSA) is 3.24 Å². The minimum absolute atomic E-state index is 0.617. The van der Waals surface area contributed by atoms with Crippen molar-refractivity contribution in [3.63, 3.8) is 0 Å². The van der Waals surface area contributed by atoms with Crippen LogP contribution >= 0.6 is 0 Å². The maximum atomic E-state index is 12.6. The van der Waals surface area contributed by atoms with Gasteiger partial charge in [-0.15, -0.1) is 0 Å². The molecule has 2 saturated carbocycles. The van der Waals surface area contributed by atoms with Crippen LogP contribution in [0.3, 0.4) is 0 Å². The van der Waals surface area contributed by atoms with Crippen molar-refractivity contribution in [2.24, 2.45) is 0 Å². The Bertz CT molecular complexity index is 594. The van der Waals surface area contributed by atoms with Crippen LogP contribution < -0.4 is 0 Å². The van der Waals surface area contributed by atoms with Gasteiger partial charge < -0.3 is 0 Å². The molecule has 0 unspecified atom stereocenters. The van der Waals surface area contributed by atoms with E-state index >= 15 is 0 Å². The molecule has 0 aliphatic heterocycles. The van der Waals surface area contributed by atoms with Crippen LogP contribution in [-0.4, -0.2) is 23.5 Å². The van der Waals surface area contributed by atoms with E-state index in [1.807, 2.05) is 0 Å². The highest BCUT2D eigenvalue weighted by Gasteiger charge is 2.30. The molecule has 0 bridgehead atoms. The summed E-state index contributed by atoms with van der Waals surface area (Å²) >= 11 is 0. The van der Waals surface area contributed by atoms with Gasteiger partial charge in [-0.1, -0.05) is 50.4 Å². The van der Waals surface area contributed by atoms with Crippen LogP contribution in [0.4, 0.5) is 13.2 Å². The minimum Gasteiger partial charge on any atom is -0.286 e. The Morgan fingerprint density at radius 2 is 1.31 bits per heavy atom. The molecule has 142 valence electrons. The highest BCUT2D eigenvalue weighted by molar-refractivity contribution is 5.37. The largest absolute Gasteiger partial charge is 0.416 e. The number of hydrogen-bond acceptors (Lipinski definition) is 1. The maximum Gasteiger partial charge on any atom is 0.416 e. The maximum absolute atomic E-state index is 12.6. The summed E-state index contributed by atoms with van der Waals surface area (Å²) in [6.45, 7) is 0.732. The number of benzene rings is 1. The van der Waals surface area contributed by atoms with Crippen molar-refractivity contribution in [1.29, 1.82) is 0 Å². The summed E-state index contributed by atoms with van der Waals surface area (Å²) in [4.78, 5) is 2.61. The van der Waals surface area contributed by atoms with Gasteiger partial charge in [0.25, 0.3) is 0 Å². The molecule has 0 saturated heterocycles. The average Bonchev–Trinajstić information content (AvgIpc) is 2.66. The average molecular weight is 363 g/mol. The van der Waals surface area contributed by atoms with Crippen molar-refractivity contribution >= 4 is 0 Å². The van der Waals surface area contributed by atoms with Crippen LogP contribution in [0.25, 0.3) is 0 Å². The van der Waals surface area contributed by atoms with Gasteiger partial charge in [-0.3, -0.25) is 4.90 Å². The fourth-order valence-corrected chi connectivity index (χ4v) is 4.36. The predicted molar refractivity (Wildman–Crippen MR) is 98.8 cm³/mol. The molecule has 1 aromatic rings. The molecule has 2 fully saturated rings. The first-order valence-corrected chi connectivity index (χ1v) is 9.96. The number of alkyl halides is 3. The highest BCUT2D eigenvalue weighted by atomic mass is 19.4. The van der Waals surface area contributed by atoms with Crippen LogP contribution in [-0.2, 0) is 6.18 Å². The zero-order chi connectivity index (χ0) is 18.4. The molecule has 0 heterocycles. The molecule has 0 aromatic heterocycles. The molecule has 0 spiro atoms. The van der Waals surface area contributed by atoms with Crippen molar-refractivity contribution in [3.05, 3.63) is 35.4 Å². The lowest BCUT2D eigenvalue weighted by Crippen LogP contribution is -2.45. The molecule has 1 nitrogen and oxygen atoms in total. The summed E-state index contributed by atoms with van der Waals surface area (Å²) in [5, 5.41) is 0. The van der Waals surface area contributed by atoms with E-state index in [9.17, 15) is 13.2 Å². The molecule has 0 radical (unpaired) electrons. The van der Waals surface area contributed by atoms with Gasteiger partial charge in [0.15, 0.2) is 0 Å². The van der Waals surface area contributed by atoms with E-state index in [2.05, 4.69) is 16.7 Å². The lowest BCUT2D eigenvalue weighted by molar-refractivity contribution is -0.137. The second-order valence-corrected chi connectivity index (χ2v) is 7.63. The molecule has 2 aliphatic carbocycles. The first-order chi connectivity index (χ1) is 12.5. The van der Waals surface area contributed by atoms with Gasteiger partial charge in [-0.25, -0.2) is 0 Å². The Kier molecular flexibility index (Phi) is 6.64. The van der Waals surface area contributed by atoms with Crippen molar-refractivity contribution < 1.29 is 13.2 Å². The zero-order valence-electron chi connectivity index (χ0n) is 15.3. The molecule has 4 heteroatoms. The first kappa shape index (κ1) is 19.3. The Balaban J connectivity index is 1.66. The van der Waals surface area contributed by atoms with Crippen LogP contribution in [0.1, 0.15) is 75.3 Å². The molecule has 2 aliphatic rings. The number of nitrogens with zero attached hydrogens (tertiary/aromatic N) is 1. The Labute approximate surface area is 155 Å². The van der Waals surface area contributed by atoms with E-state index in [1.54, 1.807) is 0 Å².